The summed E-state index contributed by atoms with van der Waals surface area (Å²) in [5.41, 5.74) is 1.31. The highest BCUT2D eigenvalue weighted by Crippen LogP contribution is 2.23. The van der Waals surface area contributed by atoms with Crippen molar-refractivity contribution < 1.29 is 4.79 Å². The van der Waals surface area contributed by atoms with E-state index in [9.17, 15) is 9.59 Å². The maximum Gasteiger partial charge on any atom is 0.278 e. The predicted octanol–water partition coefficient (Wildman–Crippen LogP) is 3.91. The highest BCUT2D eigenvalue weighted by Gasteiger charge is 2.18. The smallest absolute Gasteiger partial charge is 0.278 e. The quantitative estimate of drug-likeness (QED) is 0.363. The van der Waals surface area contributed by atoms with Crippen LogP contribution in [0.15, 0.2) is 35.3 Å². The van der Waals surface area contributed by atoms with Gasteiger partial charge in [-0.25, -0.2) is 4.98 Å². The number of rotatable bonds is 7. The number of fused-ring (bicyclic) bond motifs is 1. The maximum atomic E-state index is 12.7. The molecular weight excluding hydrogens is 526 g/mol. The van der Waals surface area contributed by atoms with E-state index in [0.29, 0.717) is 22.1 Å². The molecule has 176 valence electrons. The molecule has 3 heterocycles. The van der Waals surface area contributed by atoms with Gasteiger partial charge in [0, 0.05) is 20.1 Å². The van der Waals surface area contributed by atoms with Gasteiger partial charge in [0.1, 0.15) is 5.52 Å². The van der Waals surface area contributed by atoms with Crippen LogP contribution in [0.25, 0.3) is 11.0 Å². The van der Waals surface area contributed by atoms with Crippen molar-refractivity contribution >= 4 is 69.3 Å². The van der Waals surface area contributed by atoms with Crippen molar-refractivity contribution in [3.05, 3.63) is 72.3 Å². The molecule has 1 amide bonds. The second-order valence-corrected chi connectivity index (χ2v) is 8.78. The van der Waals surface area contributed by atoms with E-state index >= 15 is 0 Å². The van der Waals surface area contributed by atoms with Crippen molar-refractivity contribution in [3.8, 4) is 0 Å². The number of aromatic nitrogens is 6. The summed E-state index contributed by atoms with van der Waals surface area (Å²) in [5.74, 6) is -0.105. The summed E-state index contributed by atoms with van der Waals surface area (Å²) in [4.78, 5) is 33.9. The first-order chi connectivity index (χ1) is 16.2. The summed E-state index contributed by atoms with van der Waals surface area (Å²) in [6.07, 6.45) is 1.49. The molecule has 0 aliphatic heterocycles. The molecule has 0 aliphatic rings. The number of carbonyl (C=O) groups excluding carboxylic acids is 1. The normalized spacial score (nSPS) is 11.1. The number of halogens is 4. The van der Waals surface area contributed by atoms with Crippen LogP contribution in [0, 0.1) is 0 Å². The van der Waals surface area contributed by atoms with Crippen LogP contribution in [0.2, 0.25) is 20.4 Å². The van der Waals surface area contributed by atoms with Gasteiger partial charge < -0.3 is 10.2 Å². The van der Waals surface area contributed by atoms with E-state index in [4.69, 9.17) is 46.4 Å². The Morgan fingerprint density at radius 3 is 2.71 bits per heavy atom. The number of benzene rings is 1. The molecule has 0 saturated heterocycles. The summed E-state index contributed by atoms with van der Waals surface area (Å²) in [6, 6.07) is 6.59. The van der Waals surface area contributed by atoms with Gasteiger partial charge >= 0.3 is 0 Å². The third-order valence-corrected chi connectivity index (χ3v) is 6.09. The second-order valence-electron chi connectivity index (χ2n) is 7.22. The number of nitrogens with one attached hydrogen (secondary N) is 2. The Morgan fingerprint density at radius 2 is 1.94 bits per heavy atom. The number of H-pyrrole nitrogens is 1. The SMILES string of the molecule is CN(CCn1ncc2nc(NCc3ccc(Cl)c(Cl)c3)[nH]c(=O)c21)C(=O)c1cc(Cl)nnc1Cl. The second kappa shape index (κ2) is 10.1. The molecule has 10 nitrogen and oxygen atoms in total. The van der Waals surface area contributed by atoms with Crippen molar-refractivity contribution in [1.82, 2.24) is 34.8 Å². The van der Waals surface area contributed by atoms with Crippen LogP contribution in [0.1, 0.15) is 15.9 Å². The highest BCUT2D eigenvalue weighted by molar-refractivity contribution is 6.42. The number of nitrogens with zero attached hydrogens (tertiary/aromatic N) is 6. The number of likely N-dealkylation sites (N-methyl/N-ethyl adjacent to an activating group) is 1. The Balaban J connectivity index is 1.45. The van der Waals surface area contributed by atoms with E-state index < -0.39 is 0 Å². The van der Waals surface area contributed by atoms with Gasteiger partial charge in [0.15, 0.2) is 15.8 Å². The fourth-order valence-electron chi connectivity index (χ4n) is 3.15. The number of hydrogen-bond donors (Lipinski definition) is 2. The van der Waals surface area contributed by atoms with Crippen molar-refractivity contribution in [1.29, 1.82) is 0 Å². The Bertz CT molecular complexity index is 1440. The molecular formula is C20H16Cl4N8O2. The molecule has 3 aromatic heterocycles. The van der Waals surface area contributed by atoms with E-state index in [0.717, 1.165) is 5.56 Å². The number of anilines is 1. The Kier molecular flexibility index (Phi) is 7.22. The van der Waals surface area contributed by atoms with Gasteiger partial charge in [0.2, 0.25) is 5.95 Å². The Labute approximate surface area is 212 Å². The monoisotopic (exact) mass is 540 g/mol. The number of aromatic amines is 1. The van der Waals surface area contributed by atoms with Gasteiger partial charge in [-0.1, -0.05) is 52.5 Å². The zero-order valence-electron chi connectivity index (χ0n) is 17.5. The summed E-state index contributed by atoms with van der Waals surface area (Å²) >= 11 is 23.7. The lowest BCUT2D eigenvalue weighted by molar-refractivity contribution is 0.0789. The molecule has 4 aromatic rings. The zero-order chi connectivity index (χ0) is 24.4. The van der Waals surface area contributed by atoms with Crippen LogP contribution in [0.5, 0.6) is 0 Å². The minimum atomic E-state index is -0.390. The third kappa shape index (κ3) is 5.25. The molecule has 0 spiro atoms. The van der Waals surface area contributed by atoms with Crippen molar-refractivity contribution in [3.63, 3.8) is 0 Å². The highest BCUT2D eigenvalue weighted by atomic mass is 35.5. The average molecular weight is 542 g/mol. The maximum absolute atomic E-state index is 12.7. The van der Waals surface area contributed by atoms with Gasteiger partial charge in [-0.15, -0.1) is 10.2 Å². The summed E-state index contributed by atoms with van der Waals surface area (Å²) < 4.78 is 1.48. The molecule has 0 aliphatic carbocycles. The van der Waals surface area contributed by atoms with Crippen molar-refractivity contribution in [2.45, 2.75) is 13.1 Å². The zero-order valence-corrected chi connectivity index (χ0v) is 20.5. The lowest BCUT2D eigenvalue weighted by Gasteiger charge is -2.17. The minimum Gasteiger partial charge on any atom is -0.352 e. The molecule has 0 radical (unpaired) electrons. The van der Waals surface area contributed by atoms with Crippen LogP contribution >= 0.6 is 46.4 Å². The standard InChI is InChI=1S/C20H16Cl4N8O2/c1-31(19(34)11-7-15(23)29-30-17(11)24)4-5-32-16-14(9-26-32)27-20(28-18(16)33)25-8-10-2-3-12(21)13(22)6-10/h2-3,6-7,9H,4-5,8H2,1H3,(H2,25,27,28,33). The predicted molar refractivity (Wildman–Crippen MR) is 131 cm³/mol. The number of hydrogen-bond acceptors (Lipinski definition) is 7. The fourth-order valence-corrected chi connectivity index (χ4v) is 3.79. The van der Waals surface area contributed by atoms with E-state index in [2.05, 4.69) is 30.6 Å². The lowest BCUT2D eigenvalue weighted by atomic mass is 10.2. The van der Waals surface area contributed by atoms with Crippen LogP contribution in [-0.2, 0) is 13.1 Å². The Morgan fingerprint density at radius 1 is 1.15 bits per heavy atom. The first-order valence-electron chi connectivity index (χ1n) is 9.80. The van der Waals surface area contributed by atoms with E-state index in [1.807, 2.05) is 6.07 Å². The van der Waals surface area contributed by atoms with E-state index in [1.165, 1.54) is 21.8 Å². The van der Waals surface area contributed by atoms with Crippen molar-refractivity contribution in [2.75, 3.05) is 18.9 Å². The van der Waals surface area contributed by atoms with Gasteiger partial charge in [0.05, 0.1) is 28.4 Å². The van der Waals surface area contributed by atoms with Gasteiger partial charge in [0.25, 0.3) is 11.5 Å². The third-order valence-electron chi connectivity index (χ3n) is 4.89. The van der Waals surface area contributed by atoms with Crippen LogP contribution in [0.3, 0.4) is 0 Å². The first-order valence-corrected chi connectivity index (χ1v) is 11.3. The molecule has 14 heteroatoms. The van der Waals surface area contributed by atoms with Crippen LogP contribution < -0.4 is 10.9 Å². The molecule has 0 saturated carbocycles. The summed E-state index contributed by atoms with van der Waals surface area (Å²) in [6.45, 7) is 0.863. The largest absolute Gasteiger partial charge is 0.352 e. The van der Waals surface area contributed by atoms with Gasteiger partial charge in [-0.3, -0.25) is 19.3 Å². The first kappa shape index (κ1) is 24.2. The summed E-state index contributed by atoms with van der Waals surface area (Å²) in [5, 5.41) is 15.4. The molecule has 34 heavy (non-hydrogen) atoms. The van der Waals surface area contributed by atoms with Gasteiger partial charge in [-0.2, -0.15) is 5.10 Å². The van der Waals surface area contributed by atoms with E-state index in [1.54, 1.807) is 19.2 Å². The number of carbonyl (C=O) groups is 1. The molecule has 0 fully saturated rings. The topological polar surface area (TPSA) is 122 Å². The number of amides is 1. The fraction of sp³-hybridized carbons (Fsp3) is 0.200. The Hall–Kier alpha value is -2.92. The van der Waals surface area contributed by atoms with E-state index in [-0.39, 0.29) is 51.9 Å². The molecule has 2 N–H and O–H groups in total. The average Bonchev–Trinajstić information content (AvgIpc) is 3.23. The van der Waals surface area contributed by atoms with Crippen molar-refractivity contribution in [2.24, 2.45) is 0 Å². The van der Waals surface area contributed by atoms with Crippen LogP contribution in [-0.4, -0.2) is 54.3 Å². The molecule has 4 rings (SSSR count). The summed E-state index contributed by atoms with van der Waals surface area (Å²) in [7, 11) is 1.59. The molecule has 0 atom stereocenters. The lowest BCUT2D eigenvalue weighted by Crippen LogP contribution is -2.31. The minimum absolute atomic E-state index is 0.0488. The van der Waals surface area contributed by atoms with Crippen LogP contribution in [0.4, 0.5) is 5.95 Å². The molecule has 0 unspecified atom stereocenters. The molecule has 1 aromatic carbocycles. The molecule has 0 bridgehead atoms. The van der Waals surface area contributed by atoms with Gasteiger partial charge in [-0.05, 0) is 23.8 Å².